The molecule has 1 aliphatic heterocycles. The highest BCUT2D eigenvalue weighted by atomic mass is 16.6. The number of nitrogens with zero attached hydrogens (tertiary/aromatic N) is 1. The molecule has 2 atom stereocenters. The summed E-state index contributed by atoms with van der Waals surface area (Å²) in [4.78, 5) is 16.0. The number of carbonyl (C=O) groups excluding carboxylic acids is 1. The molecule has 0 saturated heterocycles. The Bertz CT molecular complexity index is 630. The molecule has 2 aliphatic rings. The van der Waals surface area contributed by atoms with Gasteiger partial charge in [-0.25, -0.2) is 9.79 Å². The van der Waals surface area contributed by atoms with Gasteiger partial charge in [0.15, 0.2) is 0 Å². The summed E-state index contributed by atoms with van der Waals surface area (Å²) in [5, 5.41) is 0. The van der Waals surface area contributed by atoms with E-state index in [-0.39, 0.29) is 5.92 Å². The Labute approximate surface area is 117 Å². The van der Waals surface area contributed by atoms with Crippen molar-refractivity contribution in [3.63, 3.8) is 0 Å². The molecule has 0 bridgehead atoms. The number of hydrogen-bond acceptors (Lipinski definition) is 4. The molecule has 20 heavy (non-hydrogen) atoms. The predicted molar refractivity (Wildman–Crippen MR) is 76.3 cm³/mol. The zero-order valence-corrected chi connectivity index (χ0v) is 11.2. The molecule has 102 valence electrons. The van der Waals surface area contributed by atoms with Crippen molar-refractivity contribution in [2.45, 2.75) is 19.1 Å². The molecular formula is C16H15NO3. The smallest absolute Gasteiger partial charge is 0.365 e. The van der Waals surface area contributed by atoms with Gasteiger partial charge in [-0.3, -0.25) is 0 Å². The van der Waals surface area contributed by atoms with Crippen LogP contribution in [0.3, 0.4) is 0 Å². The minimum absolute atomic E-state index is 0.217. The lowest BCUT2D eigenvalue weighted by Crippen LogP contribution is -2.20. The van der Waals surface area contributed by atoms with E-state index in [2.05, 4.69) is 11.6 Å². The topological polar surface area (TPSA) is 47.9 Å². The van der Waals surface area contributed by atoms with Gasteiger partial charge in [0.25, 0.3) is 6.23 Å². The van der Waals surface area contributed by atoms with E-state index in [1.807, 2.05) is 43.3 Å². The molecule has 0 N–H and O–H groups in total. The van der Waals surface area contributed by atoms with E-state index in [0.29, 0.717) is 12.5 Å². The van der Waals surface area contributed by atoms with Crippen molar-refractivity contribution in [3.8, 4) is 0 Å². The summed E-state index contributed by atoms with van der Waals surface area (Å²) in [5.41, 5.74) is 2.99. The number of esters is 1. The van der Waals surface area contributed by atoms with Crippen molar-refractivity contribution < 1.29 is 14.3 Å². The Balaban J connectivity index is 1.98. The van der Waals surface area contributed by atoms with Crippen molar-refractivity contribution in [1.29, 1.82) is 0 Å². The third kappa shape index (κ3) is 2.08. The zero-order valence-electron chi connectivity index (χ0n) is 11.2. The van der Waals surface area contributed by atoms with Crippen LogP contribution in [0.25, 0.3) is 6.08 Å². The number of rotatable bonds is 3. The highest BCUT2D eigenvalue weighted by Gasteiger charge is 2.36. The molecule has 0 aromatic heterocycles. The van der Waals surface area contributed by atoms with Gasteiger partial charge in [-0.05, 0) is 23.6 Å². The summed E-state index contributed by atoms with van der Waals surface area (Å²) >= 11 is 0. The fourth-order valence-electron chi connectivity index (χ4n) is 2.45. The maximum Gasteiger partial charge on any atom is 0.365 e. The maximum absolute atomic E-state index is 11.7. The second-order valence-corrected chi connectivity index (χ2v) is 4.67. The van der Waals surface area contributed by atoms with Crippen LogP contribution in [0.2, 0.25) is 0 Å². The molecule has 1 aromatic rings. The van der Waals surface area contributed by atoms with Crippen LogP contribution in [0.4, 0.5) is 0 Å². The van der Waals surface area contributed by atoms with E-state index in [9.17, 15) is 4.79 Å². The van der Waals surface area contributed by atoms with E-state index >= 15 is 0 Å². The minimum atomic E-state index is -0.846. The average molecular weight is 269 g/mol. The van der Waals surface area contributed by atoms with E-state index in [0.717, 1.165) is 16.7 Å². The van der Waals surface area contributed by atoms with Gasteiger partial charge in [0, 0.05) is 6.61 Å². The van der Waals surface area contributed by atoms with Crippen molar-refractivity contribution in [3.05, 3.63) is 53.6 Å². The average Bonchev–Trinajstić information content (AvgIpc) is 2.80. The number of carbonyl (C=O) groups is 1. The van der Waals surface area contributed by atoms with Crippen LogP contribution in [-0.2, 0) is 14.3 Å². The van der Waals surface area contributed by atoms with Crippen molar-refractivity contribution in [2.24, 2.45) is 4.99 Å². The van der Waals surface area contributed by atoms with Crippen LogP contribution in [0.15, 0.2) is 47.5 Å². The van der Waals surface area contributed by atoms with Gasteiger partial charge in [-0.15, -0.1) is 0 Å². The van der Waals surface area contributed by atoms with Crippen LogP contribution in [-0.4, -0.2) is 24.7 Å². The summed E-state index contributed by atoms with van der Waals surface area (Å²) in [6, 6.07) is 7.94. The third-order valence-corrected chi connectivity index (χ3v) is 3.38. The number of ether oxygens (including phenoxy) is 2. The first-order valence-electron chi connectivity index (χ1n) is 6.57. The van der Waals surface area contributed by atoms with Crippen LogP contribution in [0, 0.1) is 0 Å². The third-order valence-electron chi connectivity index (χ3n) is 3.38. The maximum atomic E-state index is 11.7. The molecule has 0 radical (unpaired) electrons. The fraction of sp³-hybridized carbons (Fsp3) is 0.250. The van der Waals surface area contributed by atoms with Gasteiger partial charge in [0.2, 0.25) is 5.90 Å². The first-order valence-corrected chi connectivity index (χ1v) is 6.57. The first kappa shape index (κ1) is 12.8. The van der Waals surface area contributed by atoms with Crippen molar-refractivity contribution >= 4 is 17.9 Å². The van der Waals surface area contributed by atoms with Gasteiger partial charge in [0.1, 0.15) is 0 Å². The first-order chi connectivity index (χ1) is 9.70. The summed E-state index contributed by atoms with van der Waals surface area (Å²) in [5.74, 6) is -0.303. The monoisotopic (exact) mass is 269 g/mol. The number of benzene rings is 1. The Hall–Kier alpha value is -2.20. The lowest BCUT2D eigenvalue weighted by Gasteiger charge is -2.22. The fourth-order valence-corrected chi connectivity index (χ4v) is 2.45. The molecule has 0 amide bonds. The Morgan fingerprint density at radius 3 is 2.95 bits per heavy atom. The lowest BCUT2D eigenvalue weighted by atomic mass is 9.84. The SMILES string of the molecule is C=C1C=Cc2ccccc2C1C1=NC(OCC)C(=O)O1. The summed E-state index contributed by atoms with van der Waals surface area (Å²) in [7, 11) is 0. The molecule has 0 spiro atoms. The minimum Gasteiger partial charge on any atom is -0.407 e. The largest absolute Gasteiger partial charge is 0.407 e. The summed E-state index contributed by atoms with van der Waals surface area (Å²) in [6.07, 6.45) is 3.09. The van der Waals surface area contributed by atoms with Crippen LogP contribution >= 0.6 is 0 Å². The number of aliphatic imine (C=N–C) groups is 1. The van der Waals surface area contributed by atoms with Gasteiger partial charge in [-0.1, -0.05) is 43.0 Å². The molecule has 1 aromatic carbocycles. The molecule has 4 heteroatoms. The highest BCUT2D eigenvalue weighted by molar-refractivity contribution is 6.02. The molecule has 0 fully saturated rings. The summed E-state index contributed by atoms with van der Waals surface area (Å²) < 4.78 is 10.5. The van der Waals surface area contributed by atoms with E-state index in [1.54, 1.807) is 0 Å². The Morgan fingerprint density at radius 1 is 1.35 bits per heavy atom. The van der Waals surface area contributed by atoms with Crippen LogP contribution in [0.1, 0.15) is 24.0 Å². The molecule has 0 saturated carbocycles. The quantitative estimate of drug-likeness (QED) is 0.793. The molecule has 3 rings (SSSR count). The number of hydrogen-bond donors (Lipinski definition) is 0. The predicted octanol–water partition coefficient (Wildman–Crippen LogP) is 2.67. The van der Waals surface area contributed by atoms with Crippen LogP contribution < -0.4 is 0 Å². The molecule has 1 heterocycles. The molecule has 4 nitrogen and oxygen atoms in total. The second kappa shape index (κ2) is 5.06. The second-order valence-electron chi connectivity index (χ2n) is 4.67. The standard InChI is InChI=1S/C16H15NO3/c1-3-19-15-16(18)20-14(17-15)13-10(2)8-9-11-6-4-5-7-12(11)13/h4-9,13,15H,2-3H2,1H3. The van der Waals surface area contributed by atoms with Gasteiger partial charge < -0.3 is 9.47 Å². The van der Waals surface area contributed by atoms with Crippen molar-refractivity contribution in [2.75, 3.05) is 6.61 Å². The molecule has 1 aliphatic carbocycles. The van der Waals surface area contributed by atoms with E-state index in [4.69, 9.17) is 9.47 Å². The van der Waals surface area contributed by atoms with Gasteiger partial charge in [-0.2, -0.15) is 0 Å². The van der Waals surface area contributed by atoms with E-state index in [1.165, 1.54) is 0 Å². The molecule has 2 unspecified atom stereocenters. The normalized spacial score (nSPS) is 24.4. The van der Waals surface area contributed by atoms with Gasteiger partial charge >= 0.3 is 5.97 Å². The van der Waals surface area contributed by atoms with Crippen LogP contribution in [0.5, 0.6) is 0 Å². The number of allylic oxidation sites excluding steroid dienone is 1. The Kier molecular flexibility index (Phi) is 3.24. The molecular weight excluding hydrogens is 254 g/mol. The highest BCUT2D eigenvalue weighted by Crippen LogP contribution is 2.35. The number of fused-ring (bicyclic) bond motifs is 1. The summed E-state index contributed by atoms with van der Waals surface area (Å²) in [6.45, 7) is 6.27. The number of cyclic esters (lactones) is 1. The van der Waals surface area contributed by atoms with Gasteiger partial charge in [0.05, 0.1) is 5.92 Å². The van der Waals surface area contributed by atoms with E-state index < -0.39 is 12.2 Å². The Morgan fingerprint density at radius 2 is 2.15 bits per heavy atom. The zero-order chi connectivity index (χ0) is 14.1. The lowest BCUT2D eigenvalue weighted by molar-refractivity contribution is -0.144. The van der Waals surface area contributed by atoms with Crippen molar-refractivity contribution in [1.82, 2.24) is 0 Å².